The average molecular weight is 535 g/mol. The number of nitrogens with zero attached hydrogens (tertiary/aromatic N) is 3. The molecule has 3 amide bonds. The van der Waals surface area contributed by atoms with Crippen molar-refractivity contribution in [2.24, 2.45) is 5.92 Å². The number of hydrogen-bond acceptors (Lipinski definition) is 5. The molecular weight excluding hydrogens is 499 g/mol. The van der Waals surface area contributed by atoms with Gasteiger partial charge in [-0.25, -0.2) is 9.18 Å². The molecule has 1 heterocycles. The molecule has 8 nitrogen and oxygen atoms in total. The van der Waals surface area contributed by atoms with Crippen molar-refractivity contribution >= 4 is 17.9 Å². The molecule has 4 atom stereocenters. The molecule has 2 aromatic carbocycles. The van der Waals surface area contributed by atoms with E-state index in [9.17, 15) is 19.6 Å². The second-order valence-electron chi connectivity index (χ2n) is 11.5. The highest BCUT2D eigenvalue weighted by Crippen LogP contribution is 2.43. The maximum atomic E-state index is 15.1. The standard InChI is InChI=1S/C30H35FN4O4/c1-30(2,3)39-29(38)35-24-13-12-22(15-24)26(35)27(36)33-23(17-32)14-21-11-10-20(16-25(21)31)18-6-8-19(9-7-18)28(37)34(4)5/h6-11,16,22-24,26H,12-15H2,1-5H3,(H,33,36)/t22-,23-,24+,26-/m0/s1. The molecule has 4 rings (SSSR count). The normalized spacial score (nSPS) is 20.7. The third-order valence-electron chi connectivity index (χ3n) is 7.28. The molecule has 0 spiro atoms. The van der Waals surface area contributed by atoms with Crippen LogP contribution in [0.3, 0.4) is 0 Å². The average Bonchev–Trinajstić information content (AvgIpc) is 3.50. The Balaban J connectivity index is 1.44. The number of fused-ring (bicyclic) bond motifs is 2. The van der Waals surface area contributed by atoms with Gasteiger partial charge in [-0.1, -0.05) is 24.3 Å². The Morgan fingerprint density at radius 1 is 1.13 bits per heavy atom. The van der Waals surface area contributed by atoms with E-state index in [1.165, 1.54) is 15.9 Å². The summed E-state index contributed by atoms with van der Waals surface area (Å²) in [6, 6.07) is 12.0. The van der Waals surface area contributed by atoms with Crippen LogP contribution in [0.4, 0.5) is 9.18 Å². The van der Waals surface area contributed by atoms with Gasteiger partial charge in [-0.2, -0.15) is 5.26 Å². The van der Waals surface area contributed by atoms with Crippen LogP contribution in [-0.2, 0) is 16.0 Å². The summed E-state index contributed by atoms with van der Waals surface area (Å²) in [5.41, 5.74) is 1.52. The first-order valence-electron chi connectivity index (χ1n) is 13.2. The van der Waals surface area contributed by atoms with Crippen LogP contribution in [0.5, 0.6) is 0 Å². The van der Waals surface area contributed by atoms with Crippen molar-refractivity contribution in [1.29, 1.82) is 5.26 Å². The summed E-state index contributed by atoms with van der Waals surface area (Å²) in [5.74, 6) is -1.01. The zero-order valence-electron chi connectivity index (χ0n) is 23.0. The first-order chi connectivity index (χ1) is 18.4. The lowest BCUT2D eigenvalue weighted by molar-refractivity contribution is -0.128. The van der Waals surface area contributed by atoms with E-state index in [-0.39, 0.29) is 24.3 Å². The number of nitriles is 1. The third kappa shape index (κ3) is 6.22. The molecule has 2 fully saturated rings. The van der Waals surface area contributed by atoms with E-state index < -0.39 is 35.5 Å². The van der Waals surface area contributed by atoms with Crippen molar-refractivity contribution in [3.05, 3.63) is 59.4 Å². The van der Waals surface area contributed by atoms with Crippen LogP contribution in [0.2, 0.25) is 0 Å². The van der Waals surface area contributed by atoms with E-state index in [1.807, 2.05) is 0 Å². The smallest absolute Gasteiger partial charge is 0.411 e. The molecule has 9 heteroatoms. The zero-order chi connectivity index (χ0) is 28.5. The molecule has 1 saturated heterocycles. The molecular formula is C30H35FN4O4. The Morgan fingerprint density at radius 2 is 1.79 bits per heavy atom. The van der Waals surface area contributed by atoms with Gasteiger partial charge in [-0.15, -0.1) is 0 Å². The molecule has 2 bridgehead atoms. The van der Waals surface area contributed by atoms with Crippen LogP contribution >= 0.6 is 0 Å². The number of piperidine rings is 1. The number of likely N-dealkylation sites (tertiary alicyclic amines) is 1. The molecule has 1 saturated carbocycles. The SMILES string of the molecule is CN(C)C(=O)c1ccc(-c2ccc(C[C@@H](C#N)NC(=O)[C@@H]3[C@H]4CC[C@H](C4)N3C(=O)OC(C)(C)C)c(F)c2)cc1. The number of rotatable bonds is 6. The lowest BCUT2D eigenvalue weighted by Gasteiger charge is -2.35. The predicted octanol–water partition coefficient (Wildman–Crippen LogP) is 4.53. The van der Waals surface area contributed by atoms with Crippen LogP contribution < -0.4 is 5.32 Å². The second-order valence-corrected chi connectivity index (χ2v) is 11.5. The number of amides is 3. The summed E-state index contributed by atoms with van der Waals surface area (Å²) < 4.78 is 20.6. The Kier molecular flexibility index (Phi) is 7.96. The number of benzene rings is 2. The minimum atomic E-state index is -0.964. The molecule has 1 N–H and O–H groups in total. The summed E-state index contributed by atoms with van der Waals surface area (Å²) in [7, 11) is 3.35. The Bertz CT molecular complexity index is 1300. The van der Waals surface area contributed by atoms with Crippen molar-refractivity contribution in [3.63, 3.8) is 0 Å². The molecule has 1 aliphatic carbocycles. The number of hydrogen-bond donors (Lipinski definition) is 1. The minimum absolute atomic E-state index is 0.0114. The second kappa shape index (κ2) is 11.0. The fourth-order valence-electron chi connectivity index (χ4n) is 5.46. The third-order valence-corrected chi connectivity index (χ3v) is 7.28. The molecule has 2 aromatic rings. The Morgan fingerprint density at radius 3 is 2.38 bits per heavy atom. The minimum Gasteiger partial charge on any atom is -0.444 e. The van der Waals surface area contributed by atoms with Gasteiger partial charge in [-0.3, -0.25) is 14.5 Å². The van der Waals surface area contributed by atoms with E-state index in [0.717, 1.165) is 24.8 Å². The lowest BCUT2D eigenvalue weighted by Crippen LogP contribution is -2.55. The van der Waals surface area contributed by atoms with Crippen LogP contribution in [-0.4, -0.2) is 65.5 Å². The monoisotopic (exact) mass is 534 g/mol. The number of ether oxygens (including phenoxy) is 1. The van der Waals surface area contributed by atoms with Crippen molar-refractivity contribution in [2.75, 3.05) is 14.1 Å². The van der Waals surface area contributed by atoms with E-state index in [4.69, 9.17) is 4.74 Å². The van der Waals surface area contributed by atoms with Gasteiger partial charge in [0.25, 0.3) is 5.91 Å². The predicted molar refractivity (Wildman–Crippen MR) is 144 cm³/mol. The number of carbonyl (C=O) groups excluding carboxylic acids is 3. The fraction of sp³-hybridized carbons (Fsp3) is 0.467. The van der Waals surface area contributed by atoms with Crippen molar-refractivity contribution in [1.82, 2.24) is 15.1 Å². The van der Waals surface area contributed by atoms with Crippen LogP contribution in [0.15, 0.2) is 42.5 Å². The number of carbonyl (C=O) groups is 3. The fourth-order valence-corrected chi connectivity index (χ4v) is 5.46. The van der Waals surface area contributed by atoms with Gasteiger partial charge >= 0.3 is 6.09 Å². The van der Waals surface area contributed by atoms with Crippen molar-refractivity contribution < 1.29 is 23.5 Å². The van der Waals surface area contributed by atoms with Gasteiger partial charge in [0.05, 0.1) is 6.07 Å². The van der Waals surface area contributed by atoms with Gasteiger partial charge in [0.1, 0.15) is 23.5 Å². The summed E-state index contributed by atoms with van der Waals surface area (Å²) in [4.78, 5) is 41.3. The van der Waals surface area contributed by atoms with Gasteiger partial charge in [0.2, 0.25) is 5.91 Å². The first-order valence-corrected chi connectivity index (χ1v) is 13.2. The topological polar surface area (TPSA) is 103 Å². The quantitative estimate of drug-likeness (QED) is 0.587. The Hall–Kier alpha value is -3.93. The van der Waals surface area contributed by atoms with E-state index in [0.29, 0.717) is 16.7 Å². The van der Waals surface area contributed by atoms with Crippen LogP contribution in [0.25, 0.3) is 11.1 Å². The van der Waals surface area contributed by atoms with Gasteiger partial charge < -0.3 is 15.0 Å². The largest absolute Gasteiger partial charge is 0.444 e. The van der Waals surface area contributed by atoms with Crippen LogP contribution in [0.1, 0.15) is 56.0 Å². The highest BCUT2D eigenvalue weighted by Gasteiger charge is 2.52. The number of halogens is 1. The highest BCUT2D eigenvalue weighted by molar-refractivity contribution is 5.94. The van der Waals surface area contributed by atoms with E-state index in [1.54, 1.807) is 71.3 Å². The lowest BCUT2D eigenvalue weighted by atomic mass is 9.96. The molecule has 39 heavy (non-hydrogen) atoms. The summed E-state index contributed by atoms with van der Waals surface area (Å²) in [6.07, 6.45) is 1.85. The van der Waals surface area contributed by atoms with E-state index >= 15 is 4.39 Å². The van der Waals surface area contributed by atoms with Crippen molar-refractivity contribution in [2.45, 2.75) is 70.2 Å². The summed E-state index contributed by atoms with van der Waals surface area (Å²) >= 11 is 0. The molecule has 2 aliphatic rings. The maximum absolute atomic E-state index is 15.1. The zero-order valence-corrected chi connectivity index (χ0v) is 23.0. The number of nitrogens with one attached hydrogen (secondary N) is 1. The summed E-state index contributed by atoms with van der Waals surface area (Å²) in [6.45, 7) is 5.34. The summed E-state index contributed by atoms with van der Waals surface area (Å²) in [5, 5.41) is 12.5. The van der Waals surface area contributed by atoms with Gasteiger partial charge in [-0.05, 0) is 80.8 Å². The van der Waals surface area contributed by atoms with Crippen LogP contribution in [0, 0.1) is 23.1 Å². The Labute approximate surface area is 228 Å². The maximum Gasteiger partial charge on any atom is 0.411 e. The molecule has 0 unspecified atom stereocenters. The van der Waals surface area contributed by atoms with Gasteiger partial charge in [0, 0.05) is 32.1 Å². The first kappa shape index (κ1) is 28.1. The molecule has 0 radical (unpaired) electrons. The molecule has 1 aliphatic heterocycles. The van der Waals surface area contributed by atoms with Gasteiger partial charge in [0.15, 0.2) is 0 Å². The highest BCUT2D eigenvalue weighted by atomic mass is 19.1. The molecule has 0 aromatic heterocycles. The van der Waals surface area contributed by atoms with E-state index in [2.05, 4.69) is 11.4 Å². The van der Waals surface area contributed by atoms with Crippen molar-refractivity contribution in [3.8, 4) is 17.2 Å². The molecule has 206 valence electrons.